The summed E-state index contributed by atoms with van der Waals surface area (Å²) in [6, 6.07) is 11.9. The maximum absolute atomic E-state index is 12.6. The van der Waals surface area contributed by atoms with E-state index >= 15 is 0 Å². The van der Waals surface area contributed by atoms with E-state index in [1.165, 1.54) is 15.7 Å². The van der Waals surface area contributed by atoms with E-state index < -0.39 is 10.2 Å². The second-order valence-corrected chi connectivity index (χ2v) is 7.60. The number of rotatable bonds is 6. The molecule has 0 bridgehead atoms. The standard InChI is InChI=1S/C15H22N4O2S/c1-18(9-5-8-16)22(20,21)19-11-14(10-17)15(12-19)13-6-3-2-4-7-13/h2-4,6-7,14-15H,5,9-12,17H2,1H3/t14-,15+/m1/s1. The minimum Gasteiger partial charge on any atom is -0.330 e. The van der Waals surface area contributed by atoms with Gasteiger partial charge in [-0.3, -0.25) is 0 Å². The Balaban J connectivity index is 2.16. The lowest BCUT2D eigenvalue weighted by atomic mass is 9.89. The molecular formula is C15H22N4O2S. The Morgan fingerprint density at radius 1 is 1.36 bits per heavy atom. The second-order valence-electron chi connectivity index (χ2n) is 5.57. The first kappa shape index (κ1) is 16.9. The van der Waals surface area contributed by atoms with Gasteiger partial charge in [0, 0.05) is 39.0 Å². The Kier molecular flexibility index (Phi) is 5.53. The molecule has 22 heavy (non-hydrogen) atoms. The number of hydrogen-bond donors (Lipinski definition) is 1. The van der Waals surface area contributed by atoms with E-state index in [-0.39, 0.29) is 24.8 Å². The van der Waals surface area contributed by atoms with Crippen molar-refractivity contribution >= 4 is 10.2 Å². The van der Waals surface area contributed by atoms with Crippen molar-refractivity contribution in [2.24, 2.45) is 11.7 Å². The van der Waals surface area contributed by atoms with E-state index in [1.54, 1.807) is 0 Å². The van der Waals surface area contributed by atoms with Crippen molar-refractivity contribution in [3.63, 3.8) is 0 Å². The molecule has 0 radical (unpaired) electrons. The molecule has 2 rings (SSSR count). The zero-order valence-electron chi connectivity index (χ0n) is 12.7. The van der Waals surface area contributed by atoms with Crippen molar-refractivity contribution < 1.29 is 8.42 Å². The lowest BCUT2D eigenvalue weighted by Gasteiger charge is -2.23. The highest BCUT2D eigenvalue weighted by Crippen LogP contribution is 2.33. The topological polar surface area (TPSA) is 90.4 Å². The second kappa shape index (κ2) is 7.20. The van der Waals surface area contributed by atoms with E-state index in [0.29, 0.717) is 19.6 Å². The molecule has 0 spiro atoms. The van der Waals surface area contributed by atoms with Gasteiger partial charge in [0.1, 0.15) is 0 Å². The summed E-state index contributed by atoms with van der Waals surface area (Å²) in [7, 11) is -2.02. The van der Waals surface area contributed by atoms with Crippen LogP contribution in [0, 0.1) is 17.2 Å². The molecule has 6 nitrogen and oxygen atoms in total. The number of benzene rings is 1. The summed E-state index contributed by atoms with van der Waals surface area (Å²) in [5.41, 5.74) is 6.97. The first-order valence-corrected chi connectivity index (χ1v) is 8.73. The number of nitrogens with zero attached hydrogens (tertiary/aromatic N) is 3. The smallest absolute Gasteiger partial charge is 0.281 e. The monoisotopic (exact) mass is 322 g/mol. The van der Waals surface area contributed by atoms with Crippen LogP contribution >= 0.6 is 0 Å². The van der Waals surface area contributed by atoms with E-state index in [4.69, 9.17) is 11.0 Å². The van der Waals surface area contributed by atoms with Crippen LogP contribution in [0.1, 0.15) is 17.9 Å². The molecule has 7 heteroatoms. The summed E-state index contributed by atoms with van der Waals surface area (Å²) in [6.45, 7) is 1.52. The average molecular weight is 322 g/mol. The Morgan fingerprint density at radius 3 is 2.64 bits per heavy atom. The maximum atomic E-state index is 12.6. The normalized spacial score (nSPS) is 22.8. The van der Waals surface area contributed by atoms with Crippen molar-refractivity contribution in [3.05, 3.63) is 35.9 Å². The number of nitrogens with two attached hydrogens (primary N) is 1. The summed E-state index contributed by atoms with van der Waals surface area (Å²) < 4.78 is 27.9. The Hall–Kier alpha value is -1.46. The van der Waals surface area contributed by atoms with Gasteiger partial charge < -0.3 is 5.73 Å². The van der Waals surface area contributed by atoms with Crippen LogP contribution in [0.5, 0.6) is 0 Å². The molecular weight excluding hydrogens is 300 g/mol. The minimum absolute atomic E-state index is 0.113. The first-order chi connectivity index (χ1) is 10.5. The molecule has 1 aromatic rings. The van der Waals surface area contributed by atoms with Crippen molar-refractivity contribution in [1.82, 2.24) is 8.61 Å². The highest BCUT2D eigenvalue weighted by Gasteiger charge is 2.40. The fourth-order valence-electron chi connectivity index (χ4n) is 2.86. The molecule has 1 aromatic carbocycles. The van der Waals surface area contributed by atoms with Crippen LogP contribution in [0.15, 0.2) is 30.3 Å². The fourth-order valence-corrected chi connectivity index (χ4v) is 4.30. The lowest BCUT2D eigenvalue weighted by Crippen LogP contribution is -2.41. The van der Waals surface area contributed by atoms with Crippen LogP contribution in [0.2, 0.25) is 0 Å². The molecule has 120 valence electrons. The summed E-state index contributed by atoms with van der Waals surface area (Å²) in [6.07, 6.45) is 0.187. The molecule has 1 fully saturated rings. The van der Waals surface area contributed by atoms with Crippen LogP contribution in [-0.2, 0) is 10.2 Å². The number of hydrogen-bond acceptors (Lipinski definition) is 4. The summed E-state index contributed by atoms with van der Waals surface area (Å²) in [4.78, 5) is 0. The Labute approximate surface area is 132 Å². The predicted octanol–water partition coefficient (Wildman–Crippen LogP) is 0.751. The molecule has 1 saturated heterocycles. The molecule has 0 saturated carbocycles. The van der Waals surface area contributed by atoms with Crippen LogP contribution in [0.4, 0.5) is 0 Å². The fraction of sp³-hybridized carbons (Fsp3) is 0.533. The predicted molar refractivity (Wildman–Crippen MR) is 85.1 cm³/mol. The van der Waals surface area contributed by atoms with Gasteiger partial charge in [-0.1, -0.05) is 30.3 Å². The van der Waals surface area contributed by atoms with Crippen molar-refractivity contribution in [2.75, 3.05) is 33.2 Å². The van der Waals surface area contributed by atoms with Gasteiger partial charge in [0.15, 0.2) is 0 Å². The van der Waals surface area contributed by atoms with Gasteiger partial charge >= 0.3 is 0 Å². The van der Waals surface area contributed by atoms with Crippen LogP contribution < -0.4 is 5.73 Å². The van der Waals surface area contributed by atoms with Gasteiger partial charge in [-0.05, 0) is 18.0 Å². The third kappa shape index (κ3) is 3.47. The zero-order chi connectivity index (χ0) is 16.2. The van der Waals surface area contributed by atoms with Gasteiger partial charge in [-0.15, -0.1) is 0 Å². The van der Waals surface area contributed by atoms with Gasteiger partial charge in [0.05, 0.1) is 6.07 Å². The van der Waals surface area contributed by atoms with Crippen LogP contribution in [-0.4, -0.2) is 50.3 Å². The molecule has 1 aliphatic heterocycles. The van der Waals surface area contributed by atoms with Gasteiger partial charge in [-0.25, -0.2) is 0 Å². The van der Waals surface area contributed by atoms with Crippen molar-refractivity contribution in [3.8, 4) is 6.07 Å². The third-order valence-corrected chi connectivity index (χ3v) is 6.12. The Bertz CT molecular complexity index is 627. The summed E-state index contributed by atoms with van der Waals surface area (Å²) in [5, 5.41) is 8.62. The van der Waals surface area contributed by atoms with Gasteiger partial charge in [-0.2, -0.15) is 22.3 Å². The molecule has 1 aliphatic rings. The maximum Gasteiger partial charge on any atom is 0.281 e. The molecule has 2 atom stereocenters. The molecule has 0 aliphatic carbocycles. The summed E-state index contributed by atoms with van der Waals surface area (Å²) in [5.74, 6) is 0.229. The SMILES string of the molecule is CN(CCC#N)S(=O)(=O)N1C[C@@H](CN)[C@H](c2ccccc2)C1. The van der Waals surface area contributed by atoms with E-state index in [0.717, 1.165) is 5.56 Å². The van der Waals surface area contributed by atoms with E-state index in [2.05, 4.69) is 0 Å². The van der Waals surface area contributed by atoms with Crippen molar-refractivity contribution in [1.29, 1.82) is 5.26 Å². The molecule has 0 amide bonds. The quantitative estimate of drug-likeness (QED) is 0.837. The molecule has 0 aromatic heterocycles. The highest BCUT2D eigenvalue weighted by molar-refractivity contribution is 7.86. The van der Waals surface area contributed by atoms with Crippen molar-refractivity contribution in [2.45, 2.75) is 12.3 Å². The van der Waals surface area contributed by atoms with Gasteiger partial charge in [0.25, 0.3) is 10.2 Å². The summed E-state index contributed by atoms with van der Waals surface area (Å²) >= 11 is 0. The number of nitriles is 1. The molecule has 0 unspecified atom stereocenters. The lowest BCUT2D eigenvalue weighted by molar-refractivity contribution is 0.390. The average Bonchev–Trinajstić information content (AvgIpc) is 2.98. The Morgan fingerprint density at radius 2 is 2.05 bits per heavy atom. The first-order valence-electron chi connectivity index (χ1n) is 7.34. The largest absolute Gasteiger partial charge is 0.330 e. The minimum atomic E-state index is -3.53. The zero-order valence-corrected chi connectivity index (χ0v) is 13.5. The van der Waals surface area contributed by atoms with Gasteiger partial charge in [0.2, 0.25) is 0 Å². The molecule has 2 N–H and O–H groups in total. The molecule has 1 heterocycles. The van der Waals surface area contributed by atoms with Crippen LogP contribution in [0.25, 0.3) is 0 Å². The van der Waals surface area contributed by atoms with E-state index in [9.17, 15) is 8.42 Å². The highest BCUT2D eigenvalue weighted by atomic mass is 32.2. The third-order valence-electron chi connectivity index (χ3n) is 4.20. The van der Waals surface area contributed by atoms with Crippen LogP contribution in [0.3, 0.4) is 0 Å². The van der Waals surface area contributed by atoms with E-state index in [1.807, 2.05) is 36.4 Å².